The summed E-state index contributed by atoms with van der Waals surface area (Å²) in [6, 6.07) is 5.80. The van der Waals surface area contributed by atoms with Gasteiger partial charge in [0.15, 0.2) is 0 Å². The molecule has 1 aromatic carbocycles. The molecular formula is C21H31IO3. The molecule has 3 nitrogen and oxygen atoms in total. The molecule has 1 rings (SSSR count). The quantitative estimate of drug-likeness (QED) is 0.177. The van der Waals surface area contributed by atoms with E-state index in [4.69, 9.17) is 9.47 Å². The summed E-state index contributed by atoms with van der Waals surface area (Å²) >= 11 is 2.32. The van der Waals surface area contributed by atoms with Gasteiger partial charge >= 0.3 is 6.16 Å². The van der Waals surface area contributed by atoms with Gasteiger partial charge in [-0.1, -0.05) is 39.2 Å². The first-order valence-electron chi connectivity index (χ1n) is 9.16. The number of ether oxygens (including phenoxy) is 2. The van der Waals surface area contributed by atoms with E-state index in [1.165, 1.54) is 36.8 Å². The molecule has 0 aliphatic carbocycles. The molecule has 0 amide bonds. The van der Waals surface area contributed by atoms with Crippen LogP contribution < -0.4 is 4.74 Å². The average molecular weight is 458 g/mol. The van der Waals surface area contributed by atoms with Crippen molar-refractivity contribution in [3.8, 4) is 5.75 Å². The minimum absolute atomic E-state index is 0.519. The van der Waals surface area contributed by atoms with Crippen LogP contribution in [0.3, 0.4) is 0 Å². The van der Waals surface area contributed by atoms with E-state index in [1.807, 2.05) is 32.9 Å². The van der Waals surface area contributed by atoms with E-state index in [0.29, 0.717) is 5.75 Å². The second-order valence-corrected chi connectivity index (χ2v) is 8.35. The third kappa shape index (κ3) is 8.75. The van der Waals surface area contributed by atoms with E-state index in [9.17, 15) is 4.79 Å². The molecular weight excluding hydrogens is 427 g/mol. The van der Waals surface area contributed by atoms with Crippen molar-refractivity contribution < 1.29 is 14.3 Å². The third-order valence-electron chi connectivity index (χ3n) is 3.63. The molecule has 0 unspecified atom stereocenters. The van der Waals surface area contributed by atoms with Crippen molar-refractivity contribution in [3.05, 3.63) is 33.4 Å². The number of hydrogen-bond acceptors (Lipinski definition) is 3. The van der Waals surface area contributed by atoms with E-state index >= 15 is 0 Å². The van der Waals surface area contributed by atoms with Crippen molar-refractivity contribution in [2.45, 2.75) is 78.7 Å². The van der Waals surface area contributed by atoms with Gasteiger partial charge in [0.25, 0.3) is 0 Å². The molecule has 140 valence electrons. The van der Waals surface area contributed by atoms with Crippen molar-refractivity contribution in [2.75, 3.05) is 0 Å². The van der Waals surface area contributed by atoms with Gasteiger partial charge in [-0.3, -0.25) is 0 Å². The Balaban J connectivity index is 2.90. The molecule has 0 aliphatic heterocycles. The van der Waals surface area contributed by atoms with Gasteiger partial charge in [-0.15, -0.1) is 0 Å². The summed E-state index contributed by atoms with van der Waals surface area (Å²) < 4.78 is 11.6. The van der Waals surface area contributed by atoms with Gasteiger partial charge in [0.05, 0.1) is 0 Å². The number of hydrogen-bond donors (Lipinski definition) is 0. The Morgan fingerprint density at radius 1 is 1.16 bits per heavy atom. The van der Waals surface area contributed by atoms with Gasteiger partial charge in [0, 0.05) is 3.57 Å². The highest BCUT2D eigenvalue weighted by molar-refractivity contribution is 14.1. The van der Waals surface area contributed by atoms with Gasteiger partial charge in [-0.2, -0.15) is 0 Å². The first kappa shape index (κ1) is 22.0. The lowest BCUT2D eigenvalue weighted by Gasteiger charge is -2.19. The number of halogens is 1. The van der Waals surface area contributed by atoms with Crippen LogP contribution in [-0.2, 0) is 4.74 Å². The first-order valence-corrected chi connectivity index (χ1v) is 10.2. The van der Waals surface area contributed by atoms with Crippen molar-refractivity contribution in [3.63, 3.8) is 0 Å². The van der Waals surface area contributed by atoms with Crippen LogP contribution in [-0.4, -0.2) is 11.8 Å². The summed E-state index contributed by atoms with van der Waals surface area (Å²) in [5.74, 6) is 0.519. The van der Waals surface area contributed by atoms with Crippen molar-refractivity contribution >= 4 is 34.3 Å². The van der Waals surface area contributed by atoms with Crippen LogP contribution in [0, 0.1) is 3.57 Å². The monoisotopic (exact) mass is 458 g/mol. The van der Waals surface area contributed by atoms with Crippen molar-refractivity contribution in [2.24, 2.45) is 0 Å². The zero-order valence-corrected chi connectivity index (χ0v) is 18.3. The van der Waals surface area contributed by atoms with E-state index in [2.05, 4.69) is 48.6 Å². The highest BCUT2D eigenvalue weighted by atomic mass is 127. The fraction of sp³-hybridized carbons (Fsp3) is 0.571. The molecule has 0 heterocycles. The molecule has 0 spiro atoms. The van der Waals surface area contributed by atoms with Gasteiger partial charge in [-0.05, 0) is 92.0 Å². The summed E-state index contributed by atoms with van der Waals surface area (Å²) in [6.45, 7) is 9.89. The zero-order valence-electron chi connectivity index (χ0n) is 16.2. The van der Waals surface area contributed by atoms with Crippen LogP contribution in [0.4, 0.5) is 4.79 Å². The molecule has 0 aromatic heterocycles. The first-order chi connectivity index (χ1) is 11.8. The molecule has 25 heavy (non-hydrogen) atoms. The summed E-state index contributed by atoms with van der Waals surface area (Å²) in [4.78, 5) is 11.8. The predicted octanol–water partition coefficient (Wildman–Crippen LogP) is 7.37. The molecule has 0 atom stereocenters. The Morgan fingerprint density at radius 3 is 2.40 bits per heavy atom. The third-order valence-corrected chi connectivity index (χ3v) is 4.52. The topological polar surface area (TPSA) is 35.5 Å². The van der Waals surface area contributed by atoms with Crippen molar-refractivity contribution in [1.29, 1.82) is 0 Å². The Labute approximate surface area is 166 Å². The van der Waals surface area contributed by atoms with Crippen LogP contribution in [0.2, 0.25) is 0 Å². The standard InChI is InChI=1S/C21H31IO3/c1-6-8-10-12-16(11-9-7-2)18-14-13-17(15-19(18)22)24-20(23)25-21(3,4)5/h12-15H,6-11H2,1-5H3/b16-12+. The Morgan fingerprint density at radius 2 is 1.84 bits per heavy atom. The second-order valence-electron chi connectivity index (χ2n) is 7.18. The maximum Gasteiger partial charge on any atom is 0.514 e. The smallest absolute Gasteiger partial charge is 0.428 e. The summed E-state index contributed by atoms with van der Waals surface area (Å²) in [5.41, 5.74) is 2.07. The van der Waals surface area contributed by atoms with E-state index in [0.717, 1.165) is 16.4 Å². The highest BCUT2D eigenvalue weighted by Gasteiger charge is 2.18. The van der Waals surface area contributed by atoms with Crippen LogP contribution >= 0.6 is 22.6 Å². The average Bonchev–Trinajstić information content (AvgIpc) is 2.49. The minimum Gasteiger partial charge on any atom is -0.428 e. The predicted molar refractivity (Wildman–Crippen MR) is 113 cm³/mol. The molecule has 1 aromatic rings. The minimum atomic E-state index is -0.666. The lowest BCUT2D eigenvalue weighted by atomic mass is 9.98. The Bertz CT molecular complexity index is 585. The van der Waals surface area contributed by atoms with E-state index in [-0.39, 0.29) is 0 Å². The number of unbranched alkanes of at least 4 members (excludes halogenated alkanes) is 3. The molecule has 0 fully saturated rings. The van der Waals surface area contributed by atoms with Gasteiger partial charge < -0.3 is 9.47 Å². The molecule has 0 radical (unpaired) electrons. The fourth-order valence-electron chi connectivity index (χ4n) is 2.38. The maximum atomic E-state index is 11.8. The number of benzene rings is 1. The fourth-order valence-corrected chi connectivity index (χ4v) is 3.21. The Kier molecular flexibility index (Phi) is 9.54. The molecule has 0 N–H and O–H groups in total. The Hall–Kier alpha value is -1.04. The lowest BCUT2D eigenvalue weighted by molar-refractivity contribution is 0.0206. The lowest BCUT2D eigenvalue weighted by Crippen LogP contribution is -2.26. The second kappa shape index (κ2) is 10.8. The van der Waals surface area contributed by atoms with Crippen LogP contribution in [0.5, 0.6) is 5.75 Å². The molecule has 0 aliphatic rings. The van der Waals surface area contributed by atoms with Crippen LogP contribution in [0.1, 0.15) is 78.7 Å². The number of rotatable bonds is 8. The van der Waals surface area contributed by atoms with E-state index < -0.39 is 11.8 Å². The SMILES string of the molecule is CCCC/C=C(\CCCC)c1ccc(OC(=O)OC(C)(C)C)cc1I. The van der Waals surface area contributed by atoms with E-state index in [1.54, 1.807) is 0 Å². The molecule has 0 bridgehead atoms. The molecule has 4 heteroatoms. The van der Waals surface area contributed by atoms with Gasteiger partial charge in [-0.25, -0.2) is 4.79 Å². The highest BCUT2D eigenvalue weighted by Crippen LogP contribution is 2.29. The van der Waals surface area contributed by atoms with Gasteiger partial charge in [0.1, 0.15) is 11.4 Å². The number of carbonyl (C=O) groups is 1. The number of carbonyl (C=O) groups excluding carboxylic acids is 1. The normalized spacial score (nSPS) is 12.2. The largest absolute Gasteiger partial charge is 0.514 e. The maximum absolute atomic E-state index is 11.8. The zero-order chi connectivity index (χ0) is 18.9. The molecule has 0 saturated carbocycles. The summed E-state index contributed by atoms with van der Waals surface area (Å²) in [6.07, 6.45) is 8.69. The number of allylic oxidation sites excluding steroid dienone is 2. The molecule has 0 saturated heterocycles. The van der Waals surface area contributed by atoms with Crippen LogP contribution in [0.25, 0.3) is 5.57 Å². The summed E-state index contributed by atoms with van der Waals surface area (Å²) in [5, 5.41) is 0. The summed E-state index contributed by atoms with van der Waals surface area (Å²) in [7, 11) is 0. The van der Waals surface area contributed by atoms with Gasteiger partial charge in [0.2, 0.25) is 0 Å². The van der Waals surface area contributed by atoms with Crippen molar-refractivity contribution in [1.82, 2.24) is 0 Å². The van der Waals surface area contributed by atoms with Crippen LogP contribution in [0.15, 0.2) is 24.3 Å².